The Morgan fingerprint density at radius 1 is 1.12 bits per heavy atom. The molecule has 0 aliphatic rings. The van der Waals surface area contributed by atoms with E-state index in [1.165, 1.54) is 0 Å². The molecule has 0 amide bonds. The van der Waals surface area contributed by atoms with Gasteiger partial charge in [0, 0.05) is 12.1 Å². The lowest BCUT2D eigenvalue weighted by molar-refractivity contribution is 0.0519. The molecule has 1 aromatic heterocycles. The molecular formula is C21H24N2O3. The van der Waals surface area contributed by atoms with Gasteiger partial charge in [0.2, 0.25) is 0 Å². The van der Waals surface area contributed by atoms with Gasteiger partial charge in [-0.3, -0.25) is 0 Å². The molecule has 136 valence electrons. The normalized spacial score (nSPS) is 10.2. The molecule has 2 rings (SSSR count). The lowest BCUT2D eigenvalue weighted by Crippen LogP contribution is -2.16. The third-order valence-electron chi connectivity index (χ3n) is 3.45. The number of benzene rings is 1. The van der Waals surface area contributed by atoms with Gasteiger partial charge in [0.25, 0.3) is 0 Å². The SMILES string of the molecule is CCOC(=O)c1ccc(OCCCN(C)C)c(C#Cc2ccccc2)n1. The van der Waals surface area contributed by atoms with E-state index in [9.17, 15) is 4.79 Å². The molecule has 0 bridgehead atoms. The molecule has 0 radical (unpaired) electrons. The predicted molar refractivity (Wildman–Crippen MR) is 101 cm³/mol. The second-order valence-electron chi connectivity index (χ2n) is 5.89. The zero-order valence-electron chi connectivity index (χ0n) is 15.5. The van der Waals surface area contributed by atoms with Crippen LogP contribution in [0.4, 0.5) is 0 Å². The first kappa shape index (κ1) is 19.5. The smallest absolute Gasteiger partial charge is 0.356 e. The summed E-state index contributed by atoms with van der Waals surface area (Å²) >= 11 is 0. The van der Waals surface area contributed by atoms with Gasteiger partial charge in [-0.25, -0.2) is 9.78 Å². The number of nitrogens with zero attached hydrogens (tertiary/aromatic N) is 2. The molecule has 0 fully saturated rings. The highest BCUT2D eigenvalue weighted by Crippen LogP contribution is 2.17. The number of pyridine rings is 1. The van der Waals surface area contributed by atoms with Gasteiger partial charge < -0.3 is 14.4 Å². The van der Waals surface area contributed by atoms with Crippen molar-refractivity contribution in [1.29, 1.82) is 0 Å². The van der Waals surface area contributed by atoms with Crippen molar-refractivity contribution in [2.45, 2.75) is 13.3 Å². The number of esters is 1. The van der Waals surface area contributed by atoms with Gasteiger partial charge >= 0.3 is 5.97 Å². The fraction of sp³-hybridized carbons (Fsp3) is 0.333. The Labute approximate surface area is 155 Å². The van der Waals surface area contributed by atoms with E-state index >= 15 is 0 Å². The van der Waals surface area contributed by atoms with E-state index in [2.05, 4.69) is 21.7 Å². The van der Waals surface area contributed by atoms with Gasteiger partial charge in [0.15, 0.2) is 11.4 Å². The lowest BCUT2D eigenvalue weighted by Gasteiger charge is -2.11. The summed E-state index contributed by atoms with van der Waals surface area (Å²) in [6, 6.07) is 12.9. The summed E-state index contributed by atoms with van der Waals surface area (Å²) in [5, 5.41) is 0. The fourth-order valence-corrected chi connectivity index (χ4v) is 2.19. The molecule has 5 heteroatoms. The van der Waals surface area contributed by atoms with E-state index in [-0.39, 0.29) is 5.69 Å². The average Bonchev–Trinajstić information content (AvgIpc) is 2.65. The van der Waals surface area contributed by atoms with Crippen molar-refractivity contribution < 1.29 is 14.3 Å². The summed E-state index contributed by atoms with van der Waals surface area (Å²) in [6.45, 7) is 3.54. The van der Waals surface area contributed by atoms with Gasteiger partial charge in [-0.2, -0.15) is 0 Å². The van der Waals surface area contributed by atoms with Crippen LogP contribution in [-0.4, -0.2) is 49.7 Å². The van der Waals surface area contributed by atoms with Gasteiger partial charge in [0.05, 0.1) is 13.2 Å². The van der Waals surface area contributed by atoms with Crippen LogP contribution in [0.1, 0.15) is 35.1 Å². The highest BCUT2D eigenvalue weighted by Gasteiger charge is 2.12. The van der Waals surface area contributed by atoms with Gasteiger partial charge in [0.1, 0.15) is 5.69 Å². The number of carbonyl (C=O) groups is 1. The van der Waals surface area contributed by atoms with Crippen LogP contribution in [0.3, 0.4) is 0 Å². The van der Waals surface area contributed by atoms with Crippen LogP contribution < -0.4 is 4.74 Å². The van der Waals surface area contributed by atoms with E-state index in [1.807, 2.05) is 44.4 Å². The number of ether oxygens (including phenoxy) is 2. The Morgan fingerprint density at radius 2 is 1.88 bits per heavy atom. The zero-order valence-corrected chi connectivity index (χ0v) is 15.5. The topological polar surface area (TPSA) is 51.7 Å². The van der Waals surface area contributed by atoms with Gasteiger partial charge in [-0.1, -0.05) is 24.1 Å². The molecule has 1 aromatic carbocycles. The van der Waals surface area contributed by atoms with E-state index in [4.69, 9.17) is 9.47 Å². The maximum absolute atomic E-state index is 11.9. The minimum Gasteiger partial charge on any atom is -0.491 e. The molecule has 0 saturated carbocycles. The van der Waals surface area contributed by atoms with Crippen LogP contribution in [0.2, 0.25) is 0 Å². The molecule has 0 saturated heterocycles. The number of aromatic nitrogens is 1. The van der Waals surface area contributed by atoms with Crippen LogP contribution >= 0.6 is 0 Å². The van der Waals surface area contributed by atoms with Crippen molar-refractivity contribution in [2.24, 2.45) is 0 Å². The maximum Gasteiger partial charge on any atom is 0.356 e. The van der Waals surface area contributed by atoms with Crippen molar-refractivity contribution in [3.63, 3.8) is 0 Å². The van der Waals surface area contributed by atoms with Crippen LogP contribution in [0.25, 0.3) is 0 Å². The van der Waals surface area contributed by atoms with Crippen LogP contribution in [0.5, 0.6) is 5.75 Å². The summed E-state index contributed by atoms with van der Waals surface area (Å²) in [5.74, 6) is 6.17. The van der Waals surface area contributed by atoms with E-state index in [1.54, 1.807) is 19.1 Å². The minimum absolute atomic E-state index is 0.227. The average molecular weight is 352 g/mol. The van der Waals surface area contributed by atoms with E-state index in [0.717, 1.165) is 18.5 Å². The monoisotopic (exact) mass is 352 g/mol. The Kier molecular flexibility index (Phi) is 7.66. The summed E-state index contributed by atoms with van der Waals surface area (Å²) < 4.78 is 10.8. The van der Waals surface area contributed by atoms with Crippen molar-refractivity contribution in [1.82, 2.24) is 9.88 Å². The minimum atomic E-state index is -0.464. The zero-order chi connectivity index (χ0) is 18.8. The lowest BCUT2D eigenvalue weighted by atomic mass is 10.2. The summed E-state index contributed by atoms with van der Waals surface area (Å²) in [6.07, 6.45) is 0.887. The Bertz CT molecular complexity index is 777. The number of hydrogen-bond acceptors (Lipinski definition) is 5. The number of hydrogen-bond donors (Lipinski definition) is 0. The first-order valence-electron chi connectivity index (χ1n) is 8.63. The highest BCUT2D eigenvalue weighted by atomic mass is 16.5. The Balaban J connectivity index is 2.22. The molecule has 2 aromatic rings. The quantitative estimate of drug-likeness (QED) is 0.436. The van der Waals surface area contributed by atoms with Crippen molar-refractivity contribution in [2.75, 3.05) is 33.9 Å². The molecule has 0 aliphatic heterocycles. The van der Waals surface area contributed by atoms with E-state index in [0.29, 0.717) is 24.7 Å². The summed E-state index contributed by atoms with van der Waals surface area (Å²) in [5.41, 5.74) is 1.53. The summed E-state index contributed by atoms with van der Waals surface area (Å²) in [4.78, 5) is 18.4. The molecule has 0 spiro atoms. The predicted octanol–water partition coefficient (Wildman–Crippen LogP) is 2.99. The van der Waals surface area contributed by atoms with Crippen LogP contribution in [-0.2, 0) is 4.74 Å². The van der Waals surface area contributed by atoms with E-state index < -0.39 is 5.97 Å². The summed E-state index contributed by atoms with van der Waals surface area (Å²) in [7, 11) is 4.04. The molecule has 0 N–H and O–H groups in total. The van der Waals surface area contributed by atoms with Gasteiger partial charge in [-0.05, 0) is 57.6 Å². The fourth-order valence-electron chi connectivity index (χ4n) is 2.19. The third-order valence-corrected chi connectivity index (χ3v) is 3.45. The van der Waals surface area contributed by atoms with Crippen molar-refractivity contribution in [3.05, 3.63) is 59.4 Å². The second kappa shape index (κ2) is 10.2. The van der Waals surface area contributed by atoms with Crippen molar-refractivity contribution >= 4 is 5.97 Å². The number of rotatable bonds is 7. The molecule has 0 aliphatic carbocycles. The molecule has 26 heavy (non-hydrogen) atoms. The van der Waals surface area contributed by atoms with Crippen molar-refractivity contribution in [3.8, 4) is 17.6 Å². The molecule has 0 atom stereocenters. The van der Waals surface area contributed by atoms with Crippen LogP contribution in [0, 0.1) is 11.8 Å². The molecule has 0 unspecified atom stereocenters. The molecule has 1 heterocycles. The second-order valence-corrected chi connectivity index (χ2v) is 5.89. The third kappa shape index (κ3) is 6.23. The Hall–Kier alpha value is -2.84. The highest BCUT2D eigenvalue weighted by molar-refractivity contribution is 5.87. The maximum atomic E-state index is 11.9. The first-order valence-corrected chi connectivity index (χ1v) is 8.63. The Morgan fingerprint density at radius 3 is 2.58 bits per heavy atom. The molecule has 5 nitrogen and oxygen atoms in total. The number of carbonyl (C=O) groups excluding carboxylic acids is 1. The van der Waals surface area contributed by atoms with Crippen LogP contribution in [0.15, 0.2) is 42.5 Å². The standard InChI is InChI=1S/C21H24N2O3/c1-4-25-21(24)19-13-14-20(26-16-8-15-23(2)3)18(22-19)12-11-17-9-6-5-7-10-17/h5-7,9-10,13-14H,4,8,15-16H2,1-3H3. The van der Waals surface area contributed by atoms with Gasteiger partial charge in [-0.15, -0.1) is 0 Å². The largest absolute Gasteiger partial charge is 0.491 e. The molecular weight excluding hydrogens is 328 g/mol. The first-order chi connectivity index (χ1) is 12.6.